The maximum absolute atomic E-state index is 10.9. The standard InChI is InChI=1S/C12H14N4O4/c1-12(2)19-7-9(20-12)6-15-11-10(16(17)18)3-8(4-13)5-14-11/h3,5,9H,6-7H2,1-2H3,(H,14,15). The number of anilines is 1. The molecule has 106 valence electrons. The van der Waals surface area contributed by atoms with Crippen LogP contribution in [0.2, 0.25) is 0 Å². The lowest BCUT2D eigenvalue weighted by molar-refractivity contribution is -0.384. The molecule has 1 unspecified atom stereocenters. The van der Waals surface area contributed by atoms with Crippen LogP contribution in [0, 0.1) is 21.4 Å². The van der Waals surface area contributed by atoms with Crippen LogP contribution in [0.1, 0.15) is 19.4 Å². The molecule has 20 heavy (non-hydrogen) atoms. The lowest BCUT2D eigenvalue weighted by Crippen LogP contribution is -2.26. The van der Waals surface area contributed by atoms with E-state index in [4.69, 9.17) is 14.7 Å². The van der Waals surface area contributed by atoms with Gasteiger partial charge in [-0.05, 0) is 13.8 Å². The van der Waals surface area contributed by atoms with E-state index in [1.165, 1.54) is 12.3 Å². The Balaban J connectivity index is 2.06. The Hall–Kier alpha value is -2.24. The van der Waals surface area contributed by atoms with Crippen molar-refractivity contribution in [3.63, 3.8) is 0 Å². The van der Waals surface area contributed by atoms with Gasteiger partial charge < -0.3 is 14.8 Å². The van der Waals surface area contributed by atoms with Gasteiger partial charge in [0, 0.05) is 18.8 Å². The highest BCUT2D eigenvalue weighted by molar-refractivity contribution is 5.58. The van der Waals surface area contributed by atoms with Crippen LogP contribution in [0.25, 0.3) is 0 Å². The summed E-state index contributed by atoms with van der Waals surface area (Å²) in [7, 11) is 0. The Kier molecular flexibility index (Phi) is 3.83. The van der Waals surface area contributed by atoms with Crippen LogP contribution in [0.4, 0.5) is 11.5 Å². The van der Waals surface area contributed by atoms with Crippen LogP contribution in [0.5, 0.6) is 0 Å². The van der Waals surface area contributed by atoms with E-state index in [2.05, 4.69) is 10.3 Å². The first kappa shape index (κ1) is 14.2. The molecule has 0 aromatic carbocycles. The number of nitrogens with one attached hydrogen (secondary N) is 1. The van der Waals surface area contributed by atoms with Gasteiger partial charge in [-0.3, -0.25) is 10.1 Å². The highest BCUT2D eigenvalue weighted by Gasteiger charge is 2.32. The largest absolute Gasteiger partial charge is 0.362 e. The molecule has 8 nitrogen and oxygen atoms in total. The van der Waals surface area contributed by atoms with Gasteiger partial charge in [0.05, 0.1) is 17.1 Å². The van der Waals surface area contributed by atoms with Gasteiger partial charge in [0.15, 0.2) is 5.79 Å². The Labute approximate surface area is 115 Å². The normalized spacial score (nSPS) is 20.4. The van der Waals surface area contributed by atoms with Crippen molar-refractivity contribution in [1.29, 1.82) is 5.26 Å². The summed E-state index contributed by atoms with van der Waals surface area (Å²) in [4.78, 5) is 14.3. The minimum Gasteiger partial charge on any atom is -0.362 e. The smallest absolute Gasteiger partial charge is 0.312 e. The maximum atomic E-state index is 10.9. The average Bonchev–Trinajstić information content (AvgIpc) is 2.75. The van der Waals surface area contributed by atoms with Crippen molar-refractivity contribution in [3.05, 3.63) is 27.9 Å². The summed E-state index contributed by atoms with van der Waals surface area (Å²) in [6.45, 7) is 4.35. The number of nitrogens with zero attached hydrogens (tertiary/aromatic N) is 3. The molecule has 0 bridgehead atoms. The molecule has 2 heterocycles. The third-order valence-electron chi connectivity index (χ3n) is 2.76. The number of nitriles is 1. The first-order valence-electron chi connectivity index (χ1n) is 6.01. The highest BCUT2D eigenvalue weighted by Crippen LogP contribution is 2.25. The Morgan fingerprint density at radius 1 is 1.70 bits per heavy atom. The van der Waals surface area contributed by atoms with E-state index in [9.17, 15) is 10.1 Å². The molecule has 1 aliphatic heterocycles. The van der Waals surface area contributed by atoms with Crippen LogP contribution in [-0.2, 0) is 9.47 Å². The SMILES string of the molecule is CC1(C)OCC(CNc2ncc(C#N)cc2[N+](=O)[O-])O1. The first-order valence-corrected chi connectivity index (χ1v) is 6.01. The molecule has 1 saturated heterocycles. The summed E-state index contributed by atoms with van der Waals surface area (Å²) >= 11 is 0. The second-order valence-electron chi connectivity index (χ2n) is 4.79. The third kappa shape index (κ3) is 3.20. The predicted molar refractivity (Wildman–Crippen MR) is 69.0 cm³/mol. The molecule has 1 atom stereocenters. The van der Waals surface area contributed by atoms with Crippen molar-refractivity contribution >= 4 is 11.5 Å². The minimum atomic E-state index is -0.642. The van der Waals surface area contributed by atoms with Crippen molar-refractivity contribution in [2.24, 2.45) is 0 Å². The van der Waals surface area contributed by atoms with E-state index in [1.54, 1.807) is 13.8 Å². The number of pyridine rings is 1. The first-order chi connectivity index (χ1) is 9.41. The fourth-order valence-corrected chi connectivity index (χ4v) is 1.86. The van der Waals surface area contributed by atoms with Crippen molar-refractivity contribution in [2.75, 3.05) is 18.5 Å². The number of aromatic nitrogens is 1. The zero-order valence-electron chi connectivity index (χ0n) is 11.1. The third-order valence-corrected chi connectivity index (χ3v) is 2.76. The van der Waals surface area contributed by atoms with Gasteiger partial charge in [-0.25, -0.2) is 4.98 Å². The van der Waals surface area contributed by atoms with Gasteiger partial charge in [0.25, 0.3) is 0 Å². The van der Waals surface area contributed by atoms with Gasteiger partial charge in [-0.15, -0.1) is 0 Å². The van der Waals surface area contributed by atoms with E-state index in [1.807, 2.05) is 6.07 Å². The molecule has 0 radical (unpaired) electrons. The molecule has 0 spiro atoms. The van der Waals surface area contributed by atoms with Gasteiger partial charge in [-0.2, -0.15) is 5.26 Å². The lowest BCUT2D eigenvalue weighted by atomic mass is 10.2. The number of ether oxygens (including phenoxy) is 2. The van der Waals surface area contributed by atoms with Crippen LogP contribution in [0.15, 0.2) is 12.3 Å². The van der Waals surface area contributed by atoms with Gasteiger partial charge in [-0.1, -0.05) is 0 Å². The molecule has 1 aliphatic rings. The summed E-state index contributed by atoms with van der Waals surface area (Å²) < 4.78 is 11.0. The summed E-state index contributed by atoms with van der Waals surface area (Å²) in [6, 6.07) is 3.00. The van der Waals surface area contributed by atoms with E-state index in [-0.39, 0.29) is 23.2 Å². The van der Waals surface area contributed by atoms with Crippen LogP contribution in [-0.4, -0.2) is 35.0 Å². The number of nitro groups is 1. The van der Waals surface area contributed by atoms with Gasteiger partial charge in [0.1, 0.15) is 12.2 Å². The van der Waals surface area contributed by atoms with Gasteiger partial charge >= 0.3 is 5.69 Å². The van der Waals surface area contributed by atoms with Crippen molar-refractivity contribution in [3.8, 4) is 6.07 Å². The minimum absolute atomic E-state index is 0.113. The molecule has 1 fully saturated rings. The molecule has 1 aromatic rings. The van der Waals surface area contributed by atoms with Crippen molar-refractivity contribution in [2.45, 2.75) is 25.7 Å². The summed E-state index contributed by atoms with van der Waals surface area (Å²) in [5, 5.41) is 22.5. The topological polar surface area (TPSA) is 110 Å². The van der Waals surface area contributed by atoms with E-state index < -0.39 is 10.7 Å². The zero-order chi connectivity index (χ0) is 14.8. The molecular weight excluding hydrogens is 264 g/mol. The molecule has 8 heteroatoms. The molecule has 1 N–H and O–H groups in total. The summed E-state index contributed by atoms with van der Waals surface area (Å²) in [6.07, 6.45) is 1.08. The molecule has 1 aromatic heterocycles. The zero-order valence-corrected chi connectivity index (χ0v) is 11.1. The number of hydrogen-bond donors (Lipinski definition) is 1. The maximum Gasteiger partial charge on any atom is 0.312 e. The molecular formula is C12H14N4O4. The number of rotatable bonds is 4. The second-order valence-corrected chi connectivity index (χ2v) is 4.79. The fraction of sp³-hybridized carbons (Fsp3) is 0.500. The number of hydrogen-bond acceptors (Lipinski definition) is 7. The summed E-state index contributed by atoms with van der Waals surface area (Å²) in [5.74, 6) is -0.529. The van der Waals surface area contributed by atoms with E-state index in [0.717, 1.165) is 0 Å². The van der Waals surface area contributed by atoms with Crippen molar-refractivity contribution in [1.82, 2.24) is 4.98 Å². The lowest BCUT2D eigenvalue weighted by Gasteiger charge is -2.17. The highest BCUT2D eigenvalue weighted by atomic mass is 16.7. The molecule has 0 saturated carbocycles. The van der Waals surface area contributed by atoms with Crippen LogP contribution < -0.4 is 5.32 Å². The fourth-order valence-electron chi connectivity index (χ4n) is 1.86. The predicted octanol–water partition coefficient (Wildman–Crippen LogP) is 1.42. The van der Waals surface area contributed by atoms with Gasteiger partial charge in [0.2, 0.25) is 5.82 Å². The van der Waals surface area contributed by atoms with Crippen LogP contribution >= 0.6 is 0 Å². The Morgan fingerprint density at radius 2 is 2.45 bits per heavy atom. The molecule has 0 amide bonds. The van der Waals surface area contributed by atoms with Crippen LogP contribution in [0.3, 0.4) is 0 Å². The molecule has 0 aliphatic carbocycles. The second kappa shape index (κ2) is 5.40. The average molecular weight is 278 g/mol. The Morgan fingerprint density at radius 3 is 3.00 bits per heavy atom. The van der Waals surface area contributed by atoms with Crippen molar-refractivity contribution < 1.29 is 14.4 Å². The quantitative estimate of drug-likeness (QED) is 0.655. The Bertz CT molecular complexity index is 567. The van der Waals surface area contributed by atoms with E-state index in [0.29, 0.717) is 13.2 Å². The van der Waals surface area contributed by atoms with E-state index >= 15 is 0 Å². The summed E-state index contributed by atoms with van der Waals surface area (Å²) in [5.41, 5.74) is -0.0916. The molecule has 2 rings (SSSR count). The monoisotopic (exact) mass is 278 g/mol.